The summed E-state index contributed by atoms with van der Waals surface area (Å²) in [4.78, 5) is 4.32. The van der Waals surface area contributed by atoms with Gasteiger partial charge in [-0.05, 0) is 29.7 Å². The van der Waals surface area contributed by atoms with Gasteiger partial charge in [0.2, 0.25) is 0 Å². The third-order valence-corrected chi connectivity index (χ3v) is 3.10. The largest absolute Gasteiger partial charge is 0.312 e. The van der Waals surface area contributed by atoms with Gasteiger partial charge in [-0.3, -0.25) is 4.98 Å². The topological polar surface area (TPSA) is 24.9 Å². The average Bonchev–Trinajstić information content (AvgIpc) is 2.45. The maximum atomic E-state index is 4.32. The molecule has 2 aromatic rings. The Kier molecular flexibility index (Phi) is 4.91. The molecule has 0 aliphatic heterocycles. The van der Waals surface area contributed by atoms with Gasteiger partial charge in [0, 0.05) is 31.4 Å². The molecule has 0 spiro atoms. The van der Waals surface area contributed by atoms with E-state index in [0.29, 0.717) is 0 Å². The monoisotopic (exact) mass is 240 g/mol. The molecule has 1 aromatic carbocycles. The lowest BCUT2D eigenvalue weighted by atomic mass is 10.1. The number of aryl methyl sites for hydroxylation is 1. The number of benzene rings is 1. The second kappa shape index (κ2) is 6.92. The molecule has 2 nitrogen and oxygen atoms in total. The molecule has 0 fully saturated rings. The second-order valence-corrected chi connectivity index (χ2v) is 4.37. The lowest BCUT2D eigenvalue weighted by molar-refractivity contribution is 0.676. The van der Waals surface area contributed by atoms with Crippen LogP contribution in [-0.2, 0) is 19.4 Å². The van der Waals surface area contributed by atoms with E-state index in [2.05, 4.69) is 47.6 Å². The third kappa shape index (κ3) is 3.67. The summed E-state index contributed by atoms with van der Waals surface area (Å²) >= 11 is 0. The zero-order valence-corrected chi connectivity index (χ0v) is 10.9. The summed E-state index contributed by atoms with van der Waals surface area (Å²) in [7, 11) is 0. The fourth-order valence-corrected chi connectivity index (χ4v) is 2.06. The lowest BCUT2D eigenvalue weighted by Gasteiger charge is -2.08. The molecule has 0 aliphatic carbocycles. The van der Waals surface area contributed by atoms with Crippen molar-refractivity contribution in [3.8, 4) is 0 Å². The van der Waals surface area contributed by atoms with E-state index >= 15 is 0 Å². The molecule has 2 heteroatoms. The number of nitrogens with zero attached hydrogens (tertiary/aromatic N) is 1. The zero-order valence-electron chi connectivity index (χ0n) is 10.9. The first kappa shape index (κ1) is 12.8. The molecule has 0 saturated heterocycles. The molecule has 0 radical (unpaired) electrons. The predicted molar refractivity (Wildman–Crippen MR) is 75.5 cm³/mol. The fraction of sp³-hybridized carbons (Fsp3) is 0.312. The van der Waals surface area contributed by atoms with Crippen molar-refractivity contribution in [2.45, 2.75) is 26.3 Å². The first-order chi connectivity index (χ1) is 8.90. The van der Waals surface area contributed by atoms with E-state index in [1.54, 1.807) is 0 Å². The number of pyridine rings is 1. The van der Waals surface area contributed by atoms with Crippen LogP contribution in [0.25, 0.3) is 0 Å². The molecule has 1 N–H and O–H groups in total. The van der Waals surface area contributed by atoms with Crippen molar-refractivity contribution in [1.29, 1.82) is 0 Å². The van der Waals surface area contributed by atoms with E-state index in [1.807, 2.05) is 18.3 Å². The van der Waals surface area contributed by atoms with E-state index in [4.69, 9.17) is 0 Å². The Morgan fingerprint density at radius 1 is 1.00 bits per heavy atom. The minimum Gasteiger partial charge on any atom is -0.312 e. The van der Waals surface area contributed by atoms with Gasteiger partial charge in [0.1, 0.15) is 0 Å². The highest BCUT2D eigenvalue weighted by Gasteiger charge is 1.99. The summed E-state index contributed by atoms with van der Waals surface area (Å²) in [6.45, 7) is 4.11. The van der Waals surface area contributed by atoms with Crippen molar-refractivity contribution in [3.63, 3.8) is 0 Å². The summed E-state index contributed by atoms with van der Waals surface area (Å²) in [5.74, 6) is 0. The Morgan fingerprint density at radius 2 is 1.78 bits per heavy atom. The Hall–Kier alpha value is -1.67. The molecular formula is C16H20N2. The summed E-state index contributed by atoms with van der Waals surface area (Å²) < 4.78 is 0. The summed E-state index contributed by atoms with van der Waals surface area (Å²) in [6.07, 6.45) is 3.93. The minimum atomic E-state index is 0.941. The third-order valence-electron chi connectivity index (χ3n) is 3.10. The summed E-state index contributed by atoms with van der Waals surface area (Å²) in [6, 6.07) is 14.7. The normalized spacial score (nSPS) is 10.5. The number of nitrogens with one attached hydrogen (secondary N) is 1. The molecule has 0 amide bonds. The van der Waals surface area contributed by atoms with E-state index in [0.717, 1.165) is 31.6 Å². The maximum Gasteiger partial charge on any atom is 0.0416 e. The molecule has 94 valence electrons. The van der Waals surface area contributed by atoms with Gasteiger partial charge in [-0.25, -0.2) is 0 Å². The number of hydrogen-bond donors (Lipinski definition) is 1. The maximum absolute atomic E-state index is 4.32. The van der Waals surface area contributed by atoms with Crippen LogP contribution in [0, 0.1) is 0 Å². The fourth-order valence-electron chi connectivity index (χ4n) is 2.06. The van der Waals surface area contributed by atoms with E-state index in [9.17, 15) is 0 Å². The smallest absolute Gasteiger partial charge is 0.0416 e. The molecule has 0 unspecified atom stereocenters. The number of rotatable bonds is 6. The van der Waals surface area contributed by atoms with Crippen molar-refractivity contribution >= 4 is 0 Å². The van der Waals surface area contributed by atoms with Crippen LogP contribution >= 0.6 is 0 Å². The van der Waals surface area contributed by atoms with Crippen LogP contribution in [0.4, 0.5) is 0 Å². The quantitative estimate of drug-likeness (QED) is 0.785. The van der Waals surface area contributed by atoms with Crippen molar-refractivity contribution in [3.05, 3.63) is 65.5 Å². The van der Waals surface area contributed by atoms with Crippen LogP contribution in [0.2, 0.25) is 0 Å². The predicted octanol–water partition coefficient (Wildman–Crippen LogP) is 2.98. The van der Waals surface area contributed by atoms with Crippen molar-refractivity contribution in [2.75, 3.05) is 6.54 Å². The Labute approximate surface area is 109 Å². The molecule has 0 bridgehead atoms. The number of hydrogen-bond acceptors (Lipinski definition) is 2. The number of aromatic nitrogens is 1. The van der Waals surface area contributed by atoms with Gasteiger partial charge in [0.05, 0.1) is 0 Å². The molecular weight excluding hydrogens is 220 g/mol. The van der Waals surface area contributed by atoms with Gasteiger partial charge in [-0.15, -0.1) is 0 Å². The highest BCUT2D eigenvalue weighted by Crippen LogP contribution is 2.08. The molecule has 0 saturated carbocycles. The van der Waals surface area contributed by atoms with Gasteiger partial charge >= 0.3 is 0 Å². The molecule has 1 aromatic heterocycles. The molecule has 0 atom stereocenters. The van der Waals surface area contributed by atoms with E-state index < -0.39 is 0 Å². The Balaban J connectivity index is 1.78. The van der Waals surface area contributed by atoms with Crippen LogP contribution in [-0.4, -0.2) is 11.5 Å². The average molecular weight is 240 g/mol. The zero-order chi connectivity index (χ0) is 12.6. The summed E-state index contributed by atoms with van der Waals surface area (Å²) in [5, 5.41) is 3.48. The standard InChI is InChI=1S/C16H20N2/c1-2-14-7-3-4-8-15(14)13-17-12-10-16-9-5-6-11-18-16/h3-9,11,17H,2,10,12-13H2,1H3. The highest BCUT2D eigenvalue weighted by atomic mass is 14.9. The van der Waals surface area contributed by atoms with E-state index in [-0.39, 0.29) is 0 Å². The van der Waals surface area contributed by atoms with Gasteiger partial charge in [0.15, 0.2) is 0 Å². The SMILES string of the molecule is CCc1ccccc1CNCCc1ccccn1. The second-order valence-electron chi connectivity index (χ2n) is 4.37. The van der Waals surface area contributed by atoms with Crippen LogP contribution in [0.15, 0.2) is 48.7 Å². The van der Waals surface area contributed by atoms with Crippen molar-refractivity contribution in [1.82, 2.24) is 10.3 Å². The van der Waals surface area contributed by atoms with Crippen molar-refractivity contribution in [2.24, 2.45) is 0 Å². The van der Waals surface area contributed by atoms with Crippen LogP contribution in [0.3, 0.4) is 0 Å². The molecule has 1 heterocycles. The van der Waals surface area contributed by atoms with Gasteiger partial charge in [-0.2, -0.15) is 0 Å². The lowest BCUT2D eigenvalue weighted by Crippen LogP contribution is -2.17. The van der Waals surface area contributed by atoms with Gasteiger partial charge < -0.3 is 5.32 Å². The highest BCUT2D eigenvalue weighted by molar-refractivity contribution is 5.26. The summed E-state index contributed by atoms with van der Waals surface area (Å²) in [5.41, 5.74) is 3.98. The van der Waals surface area contributed by atoms with Gasteiger partial charge in [-0.1, -0.05) is 37.3 Å². The first-order valence-corrected chi connectivity index (χ1v) is 6.57. The molecule has 0 aliphatic rings. The van der Waals surface area contributed by atoms with Gasteiger partial charge in [0.25, 0.3) is 0 Å². The Morgan fingerprint density at radius 3 is 2.50 bits per heavy atom. The molecule has 18 heavy (non-hydrogen) atoms. The van der Waals surface area contributed by atoms with Crippen LogP contribution in [0.5, 0.6) is 0 Å². The van der Waals surface area contributed by atoms with Crippen LogP contribution < -0.4 is 5.32 Å². The van der Waals surface area contributed by atoms with Crippen molar-refractivity contribution < 1.29 is 0 Å². The van der Waals surface area contributed by atoms with Crippen LogP contribution in [0.1, 0.15) is 23.7 Å². The minimum absolute atomic E-state index is 0.941. The first-order valence-electron chi connectivity index (χ1n) is 6.57. The Bertz CT molecular complexity index is 466. The molecule has 2 rings (SSSR count). The van der Waals surface area contributed by atoms with E-state index in [1.165, 1.54) is 11.1 Å².